The Hall–Kier alpha value is -2.29. The molecular formula is C24H31N3. The van der Waals surface area contributed by atoms with Crippen molar-refractivity contribution in [1.29, 1.82) is 0 Å². The van der Waals surface area contributed by atoms with E-state index >= 15 is 0 Å². The summed E-state index contributed by atoms with van der Waals surface area (Å²) in [4.78, 5) is 7.64. The minimum atomic E-state index is 0.640. The Morgan fingerprint density at radius 3 is 2.41 bits per heavy atom. The molecule has 3 nitrogen and oxygen atoms in total. The fourth-order valence-electron chi connectivity index (χ4n) is 4.59. The number of hydrogen-bond acceptors (Lipinski definition) is 2. The standard InChI is InChI=1S/C24H31N3/c1-5-7-20(8-6-2)26-14-13-19-16-27(21-11-9-17(3)10-12-21)24-23(19)22(26)15-18(4)25-24/h9-12,15-16,20H,5-8,13-14H2,1-4H3. The van der Waals surface area contributed by atoms with Gasteiger partial charge in [0.1, 0.15) is 5.65 Å². The molecule has 3 heteroatoms. The van der Waals surface area contributed by atoms with Gasteiger partial charge >= 0.3 is 0 Å². The van der Waals surface area contributed by atoms with Crippen molar-refractivity contribution in [3.8, 4) is 5.69 Å². The van der Waals surface area contributed by atoms with E-state index < -0.39 is 0 Å². The first-order chi connectivity index (χ1) is 13.1. The van der Waals surface area contributed by atoms with Crippen LogP contribution in [0.15, 0.2) is 36.5 Å². The summed E-state index contributed by atoms with van der Waals surface area (Å²) in [7, 11) is 0. The van der Waals surface area contributed by atoms with Gasteiger partial charge in [-0.1, -0.05) is 44.4 Å². The summed E-state index contributed by atoms with van der Waals surface area (Å²) in [6.45, 7) is 9.99. The number of rotatable bonds is 6. The van der Waals surface area contributed by atoms with E-state index in [2.05, 4.69) is 73.7 Å². The third-order valence-corrected chi connectivity index (χ3v) is 5.87. The summed E-state index contributed by atoms with van der Waals surface area (Å²) < 4.78 is 2.29. The minimum Gasteiger partial charge on any atom is -0.368 e. The molecule has 27 heavy (non-hydrogen) atoms. The van der Waals surface area contributed by atoms with Crippen LogP contribution < -0.4 is 4.90 Å². The molecule has 142 valence electrons. The van der Waals surface area contributed by atoms with Gasteiger partial charge in [-0.3, -0.25) is 0 Å². The van der Waals surface area contributed by atoms with Crippen LogP contribution in [0.3, 0.4) is 0 Å². The van der Waals surface area contributed by atoms with Crippen molar-refractivity contribution in [2.24, 2.45) is 0 Å². The fraction of sp³-hybridized carbons (Fsp3) is 0.458. The van der Waals surface area contributed by atoms with Crippen molar-refractivity contribution in [2.75, 3.05) is 11.4 Å². The molecule has 3 heterocycles. The van der Waals surface area contributed by atoms with Crippen molar-refractivity contribution in [1.82, 2.24) is 9.55 Å². The van der Waals surface area contributed by atoms with Gasteiger partial charge in [0.2, 0.25) is 0 Å². The zero-order valence-electron chi connectivity index (χ0n) is 17.1. The summed E-state index contributed by atoms with van der Waals surface area (Å²) in [5.74, 6) is 0. The Labute approximate surface area is 163 Å². The van der Waals surface area contributed by atoms with E-state index in [9.17, 15) is 0 Å². The fourth-order valence-corrected chi connectivity index (χ4v) is 4.59. The Morgan fingerprint density at radius 1 is 1.04 bits per heavy atom. The quantitative estimate of drug-likeness (QED) is 0.539. The first kappa shape index (κ1) is 18.1. The van der Waals surface area contributed by atoms with Crippen LogP contribution in [0.5, 0.6) is 0 Å². The van der Waals surface area contributed by atoms with Gasteiger partial charge in [0.25, 0.3) is 0 Å². The summed E-state index contributed by atoms with van der Waals surface area (Å²) in [6.07, 6.45) is 8.45. The highest BCUT2D eigenvalue weighted by atomic mass is 15.2. The van der Waals surface area contributed by atoms with Crippen LogP contribution in [-0.4, -0.2) is 22.1 Å². The molecule has 0 aliphatic carbocycles. The highest BCUT2D eigenvalue weighted by Gasteiger charge is 2.27. The number of aryl methyl sites for hydroxylation is 2. The Morgan fingerprint density at radius 2 is 1.74 bits per heavy atom. The maximum atomic E-state index is 4.96. The van der Waals surface area contributed by atoms with E-state index in [4.69, 9.17) is 4.98 Å². The molecule has 0 saturated heterocycles. The van der Waals surface area contributed by atoms with Crippen LogP contribution in [0.1, 0.15) is 56.4 Å². The largest absolute Gasteiger partial charge is 0.368 e. The third-order valence-electron chi connectivity index (χ3n) is 5.87. The Balaban J connectivity index is 1.87. The minimum absolute atomic E-state index is 0.640. The first-order valence-electron chi connectivity index (χ1n) is 10.5. The maximum Gasteiger partial charge on any atom is 0.147 e. The zero-order valence-corrected chi connectivity index (χ0v) is 17.1. The summed E-state index contributed by atoms with van der Waals surface area (Å²) in [5.41, 5.74) is 7.55. The van der Waals surface area contributed by atoms with Crippen molar-refractivity contribution >= 4 is 16.7 Å². The zero-order chi connectivity index (χ0) is 19.0. The van der Waals surface area contributed by atoms with E-state index in [0.717, 1.165) is 24.3 Å². The average molecular weight is 362 g/mol. The molecule has 0 radical (unpaired) electrons. The highest BCUT2D eigenvalue weighted by Crippen LogP contribution is 2.38. The van der Waals surface area contributed by atoms with E-state index in [-0.39, 0.29) is 0 Å². The lowest BCUT2D eigenvalue weighted by molar-refractivity contribution is 0.502. The van der Waals surface area contributed by atoms with Crippen LogP contribution in [0.2, 0.25) is 0 Å². The van der Waals surface area contributed by atoms with Crippen molar-refractivity contribution < 1.29 is 0 Å². The summed E-state index contributed by atoms with van der Waals surface area (Å²) in [6, 6.07) is 11.7. The van der Waals surface area contributed by atoms with Crippen molar-refractivity contribution in [3.63, 3.8) is 0 Å². The summed E-state index contributed by atoms with van der Waals surface area (Å²) in [5, 5.41) is 1.37. The highest BCUT2D eigenvalue weighted by molar-refractivity contribution is 5.96. The molecule has 1 aliphatic heterocycles. The number of nitrogens with zero attached hydrogens (tertiary/aromatic N) is 3. The molecule has 0 amide bonds. The van der Waals surface area contributed by atoms with Gasteiger partial charge < -0.3 is 9.47 Å². The molecule has 0 fully saturated rings. The molecule has 2 aromatic heterocycles. The molecule has 4 rings (SSSR count). The van der Waals surface area contributed by atoms with Gasteiger partial charge in [0.05, 0.1) is 5.69 Å². The van der Waals surface area contributed by atoms with Crippen LogP contribution in [0.4, 0.5) is 5.69 Å². The third kappa shape index (κ3) is 3.24. The molecule has 0 unspecified atom stereocenters. The molecule has 1 aliphatic rings. The second-order valence-electron chi connectivity index (χ2n) is 8.02. The average Bonchev–Trinajstić information content (AvgIpc) is 3.02. The van der Waals surface area contributed by atoms with Crippen LogP contribution in [0.25, 0.3) is 16.7 Å². The topological polar surface area (TPSA) is 21.1 Å². The predicted molar refractivity (Wildman–Crippen MR) is 115 cm³/mol. The molecule has 0 bridgehead atoms. The molecule has 0 saturated carbocycles. The maximum absolute atomic E-state index is 4.96. The number of aromatic nitrogens is 2. The van der Waals surface area contributed by atoms with E-state index in [1.165, 1.54) is 53.6 Å². The molecule has 0 N–H and O–H groups in total. The van der Waals surface area contributed by atoms with E-state index in [0.29, 0.717) is 6.04 Å². The number of pyridine rings is 1. The normalized spacial score (nSPS) is 13.7. The van der Waals surface area contributed by atoms with Crippen LogP contribution in [-0.2, 0) is 6.42 Å². The van der Waals surface area contributed by atoms with Crippen LogP contribution in [0, 0.1) is 13.8 Å². The molecule has 0 atom stereocenters. The van der Waals surface area contributed by atoms with Crippen molar-refractivity contribution in [3.05, 3.63) is 53.3 Å². The second kappa shape index (κ2) is 7.38. The number of benzene rings is 1. The van der Waals surface area contributed by atoms with E-state index in [1.807, 2.05) is 0 Å². The van der Waals surface area contributed by atoms with Gasteiger partial charge in [-0.15, -0.1) is 0 Å². The Bertz CT molecular complexity index is 930. The predicted octanol–water partition coefficient (Wildman–Crippen LogP) is 5.97. The van der Waals surface area contributed by atoms with Gasteiger partial charge in [-0.25, -0.2) is 4.98 Å². The van der Waals surface area contributed by atoms with E-state index in [1.54, 1.807) is 0 Å². The lowest BCUT2D eigenvalue weighted by Crippen LogP contribution is -2.38. The smallest absolute Gasteiger partial charge is 0.147 e. The first-order valence-corrected chi connectivity index (χ1v) is 10.5. The molecule has 1 aromatic carbocycles. The number of anilines is 1. The number of hydrogen-bond donors (Lipinski definition) is 0. The monoisotopic (exact) mass is 361 g/mol. The molecular weight excluding hydrogens is 330 g/mol. The van der Waals surface area contributed by atoms with Crippen molar-refractivity contribution in [2.45, 2.75) is 65.8 Å². The lowest BCUT2D eigenvalue weighted by atomic mass is 9.98. The van der Waals surface area contributed by atoms with Gasteiger partial charge in [-0.05, 0) is 56.9 Å². The summed E-state index contributed by atoms with van der Waals surface area (Å²) >= 11 is 0. The van der Waals surface area contributed by atoms with Gasteiger partial charge in [0, 0.05) is 35.6 Å². The van der Waals surface area contributed by atoms with Crippen LogP contribution >= 0.6 is 0 Å². The molecule has 3 aromatic rings. The lowest BCUT2D eigenvalue weighted by Gasteiger charge is -2.37. The Kier molecular flexibility index (Phi) is 4.94. The molecule has 0 spiro atoms. The SMILES string of the molecule is CCCC(CCC)N1CCc2cn(-c3ccc(C)cc3)c3nc(C)cc1c23. The second-order valence-corrected chi connectivity index (χ2v) is 8.02. The van der Waals surface area contributed by atoms with Gasteiger partial charge in [0.15, 0.2) is 0 Å². The van der Waals surface area contributed by atoms with Gasteiger partial charge in [-0.2, -0.15) is 0 Å².